The fourth-order valence-electron chi connectivity index (χ4n) is 4.90. The van der Waals surface area contributed by atoms with Gasteiger partial charge in [0.1, 0.15) is 13.2 Å². The summed E-state index contributed by atoms with van der Waals surface area (Å²) in [4.78, 5) is 41.5. The predicted octanol–water partition coefficient (Wildman–Crippen LogP) is 1.89. The van der Waals surface area contributed by atoms with Crippen LogP contribution in [0.5, 0.6) is 0 Å². The molecule has 8 heteroatoms. The minimum atomic E-state index is -0.335. The van der Waals surface area contributed by atoms with Crippen LogP contribution >= 0.6 is 0 Å². The van der Waals surface area contributed by atoms with Crippen LogP contribution in [-0.4, -0.2) is 85.0 Å². The van der Waals surface area contributed by atoms with Gasteiger partial charge in [-0.1, -0.05) is 6.07 Å². The van der Waals surface area contributed by atoms with Gasteiger partial charge in [0.2, 0.25) is 6.41 Å². The van der Waals surface area contributed by atoms with Crippen LogP contribution in [-0.2, 0) is 32.1 Å². The van der Waals surface area contributed by atoms with Crippen LogP contribution in [0.2, 0.25) is 0 Å². The van der Waals surface area contributed by atoms with E-state index in [-0.39, 0.29) is 18.5 Å². The van der Waals surface area contributed by atoms with Crippen LogP contribution in [0.15, 0.2) is 23.4 Å². The van der Waals surface area contributed by atoms with E-state index in [4.69, 9.17) is 9.47 Å². The van der Waals surface area contributed by atoms with Gasteiger partial charge in [0.05, 0.1) is 16.8 Å². The number of rotatable bonds is 9. The van der Waals surface area contributed by atoms with Crippen molar-refractivity contribution in [3.8, 4) is 0 Å². The van der Waals surface area contributed by atoms with Gasteiger partial charge in [-0.05, 0) is 50.8 Å². The van der Waals surface area contributed by atoms with Crippen molar-refractivity contribution in [2.75, 3.05) is 45.9 Å². The second-order valence-corrected chi connectivity index (χ2v) is 9.16. The molecule has 4 rings (SSSR count). The van der Waals surface area contributed by atoms with Gasteiger partial charge in [-0.15, -0.1) is 0 Å². The largest absolute Gasteiger partial charge is 0.457 e. The van der Waals surface area contributed by atoms with E-state index >= 15 is 0 Å². The quantitative estimate of drug-likeness (QED) is 0.416. The zero-order valence-electron chi connectivity index (χ0n) is 19.8. The number of benzene rings is 1. The molecule has 8 nitrogen and oxygen atoms in total. The first-order chi connectivity index (χ1) is 15.9. The Morgan fingerprint density at radius 3 is 2.45 bits per heavy atom. The highest BCUT2D eigenvalue weighted by atomic mass is 16.5. The summed E-state index contributed by atoms with van der Waals surface area (Å²) in [6.07, 6.45) is 2.61. The van der Waals surface area contributed by atoms with E-state index in [2.05, 4.69) is 29.7 Å². The lowest BCUT2D eigenvalue weighted by molar-refractivity contribution is -0.136. The van der Waals surface area contributed by atoms with Crippen LogP contribution in [0.3, 0.4) is 0 Å². The summed E-state index contributed by atoms with van der Waals surface area (Å²) in [5.41, 5.74) is 5.44. The Hall–Kier alpha value is -2.71. The molecule has 3 aliphatic rings. The highest BCUT2D eigenvalue weighted by Crippen LogP contribution is 2.26. The summed E-state index contributed by atoms with van der Waals surface area (Å²) in [5.74, 6) is -0.545. The first-order valence-corrected chi connectivity index (χ1v) is 11.7. The number of ether oxygens (including phenoxy) is 2. The maximum atomic E-state index is 11.7. The lowest BCUT2D eigenvalue weighted by Gasteiger charge is -2.38. The molecule has 1 amide bonds. The third-order valence-electron chi connectivity index (χ3n) is 7.35. The molecule has 0 spiro atoms. The molecule has 178 valence electrons. The molecule has 0 saturated carbocycles. The maximum absolute atomic E-state index is 11.7. The summed E-state index contributed by atoms with van der Waals surface area (Å²) in [6, 6.07) is 4.32. The number of fused-ring (bicyclic) bond motifs is 1. The molecular formula is C25H33N3O5. The number of carbonyl (C=O) groups excluding carboxylic acids is 3. The van der Waals surface area contributed by atoms with Crippen molar-refractivity contribution in [2.45, 2.75) is 46.3 Å². The first kappa shape index (κ1) is 23.4. The third kappa shape index (κ3) is 4.96. The third-order valence-corrected chi connectivity index (χ3v) is 7.35. The van der Waals surface area contributed by atoms with E-state index in [1.807, 2.05) is 6.07 Å². The molecular weight excluding hydrogens is 422 g/mol. The molecule has 1 unspecified atom stereocenters. The molecule has 33 heavy (non-hydrogen) atoms. The predicted molar refractivity (Wildman–Crippen MR) is 123 cm³/mol. The summed E-state index contributed by atoms with van der Waals surface area (Å²) < 4.78 is 10.2. The number of nitrogens with zero attached hydrogens (tertiary/aromatic N) is 3. The Balaban J connectivity index is 1.22. The number of hydrogen-bond donors (Lipinski definition) is 0. The molecule has 1 aromatic carbocycles. The van der Waals surface area contributed by atoms with Crippen molar-refractivity contribution < 1.29 is 23.9 Å². The van der Waals surface area contributed by atoms with E-state index in [0.717, 1.165) is 57.5 Å². The minimum absolute atomic E-state index is 0.184. The molecule has 0 aliphatic carbocycles. The standard InChI is InChI=1S/C25H33N3O5/c1-17(6-9-28(16-29)23-15-33-24(30)19(23)3)27-12-10-26(11-13-27)8-7-20-4-5-21-22(18(20)2)14-32-25(21)31/h4-5,16-17H,6-15H2,1-3H3. The number of carbonyl (C=O) groups is 3. The van der Waals surface area contributed by atoms with Crippen LogP contribution in [0.25, 0.3) is 0 Å². The zero-order valence-corrected chi connectivity index (χ0v) is 19.8. The molecule has 0 bridgehead atoms. The van der Waals surface area contributed by atoms with E-state index in [1.54, 1.807) is 11.8 Å². The Morgan fingerprint density at radius 1 is 1.06 bits per heavy atom. The molecule has 0 aromatic heterocycles. The smallest absolute Gasteiger partial charge is 0.338 e. The van der Waals surface area contributed by atoms with Crippen molar-refractivity contribution in [3.63, 3.8) is 0 Å². The number of esters is 2. The highest BCUT2D eigenvalue weighted by molar-refractivity contribution is 5.94. The molecule has 1 fully saturated rings. The normalized spacial score (nSPS) is 20.0. The topological polar surface area (TPSA) is 79.4 Å². The summed E-state index contributed by atoms with van der Waals surface area (Å²) >= 11 is 0. The summed E-state index contributed by atoms with van der Waals surface area (Å²) in [5, 5.41) is 0. The number of amides is 1. The lowest BCUT2D eigenvalue weighted by Crippen LogP contribution is -2.50. The fraction of sp³-hybridized carbons (Fsp3) is 0.560. The Bertz CT molecular complexity index is 965. The highest BCUT2D eigenvalue weighted by Gasteiger charge is 2.27. The second kappa shape index (κ2) is 10.1. The van der Waals surface area contributed by atoms with Crippen molar-refractivity contribution in [2.24, 2.45) is 0 Å². The molecule has 0 radical (unpaired) electrons. The van der Waals surface area contributed by atoms with Gasteiger partial charge >= 0.3 is 11.9 Å². The molecule has 3 heterocycles. The molecule has 0 N–H and O–H groups in total. The molecule has 1 atom stereocenters. The van der Waals surface area contributed by atoms with Gasteiger partial charge < -0.3 is 19.3 Å². The van der Waals surface area contributed by atoms with E-state index in [9.17, 15) is 14.4 Å². The van der Waals surface area contributed by atoms with E-state index in [0.29, 0.717) is 36.0 Å². The number of cyclic esters (lactones) is 2. The maximum Gasteiger partial charge on any atom is 0.338 e. The van der Waals surface area contributed by atoms with Crippen molar-refractivity contribution in [3.05, 3.63) is 45.7 Å². The van der Waals surface area contributed by atoms with Gasteiger partial charge in [0.25, 0.3) is 0 Å². The van der Waals surface area contributed by atoms with Crippen LogP contribution in [0, 0.1) is 6.92 Å². The van der Waals surface area contributed by atoms with Gasteiger partial charge in [-0.25, -0.2) is 9.59 Å². The van der Waals surface area contributed by atoms with Crippen LogP contribution in [0.4, 0.5) is 0 Å². The van der Waals surface area contributed by atoms with Crippen LogP contribution in [0.1, 0.15) is 47.3 Å². The van der Waals surface area contributed by atoms with Gasteiger partial charge in [-0.2, -0.15) is 0 Å². The van der Waals surface area contributed by atoms with E-state index in [1.165, 1.54) is 11.1 Å². The Morgan fingerprint density at radius 2 is 1.79 bits per heavy atom. The summed E-state index contributed by atoms with van der Waals surface area (Å²) in [6.45, 7) is 12.2. The van der Waals surface area contributed by atoms with E-state index < -0.39 is 0 Å². The Kier molecular flexibility index (Phi) is 7.14. The van der Waals surface area contributed by atoms with Crippen LogP contribution < -0.4 is 0 Å². The minimum Gasteiger partial charge on any atom is -0.457 e. The van der Waals surface area contributed by atoms with Gasteiger partial charge in [0, 0.05) is 50.9 Å². The van der Waals surface area contributed by atoms with Gasteiger partial charge in [-0.3, -0.25) is 9.69 Å². The molecule has 1 aromatic rings. The van der Waals surface area contributed by atoms with Gasteiger partial charge in [0.15, 0.2) is 0 Å². The first-order valence-electron chi connectivity index (χ1n) is 11.7. The number of hydrogen-bond acceptors (Lipinski definition) is 7. The SMILES string of the molecule is CC1=C(N(C=O)CCC(C)N2CCN(CCc3ccc4c(c3C)COC4=O)CC2)COC1=O. The molecule has 3 aliphatic heterocycles. The lowest BCUT2D eigenvalue weighted by atomic mass is 9.96. The zero-order chi connectivity index (χ0) is 23.5. The van der Waals surface area contributed by atoms with Crippen molar-refractivity contribution in [1.82, 2.24) is 14.7 Å². The second-order valence-electron chi connectivity index (χ2n) is 9.16. The molecule has 1 saturated heterocycles. The van der Waals surface area contributed by atoms with Crippen molar-refractivity contribution >= 4 is 18.3 Å². The average Bonchev–Trinajstić information content (AvgIpc) is 3.37. The van der Waals surface area contributed by atoms with Crippen molar-refractivity contribution in [1.29, 1.82) is 0 Å². The fourth-order valence-corrected chi connectivity index (χ4v) is 4.90. The average molecular weight is 456 g/mol. The Labute approximate surface area is 195 Å². The number of piperazine rings is 1. The summed E-state index contributed by atoms with van der Waals surface area (Å²) in [7, 11) is 0. The monoisotopic (exact) mass is 455 g/mol.